The smallest absolute Gasteiger partial charge is 0.348 e. The second kappa shape index (κ2) is 7.39. The number of methoxy groups -OCH3 is 2. The van der Waals surface area contributed by atoms with E-state index in [1.54, 1.807) is 0 Å². The summed E-state index contributed by atoms with van der Waals surface area (Å²) in [6.07, 6.45) is 0. The Balaban J connectivity index is 2.50. The van der Waals surface area contributed by atoms with Gasteiger partial charge in [-0.25, -0.2) is 18.4 Å². The largest absolute Gasteiger partial charge is 0.465 e. The maximum absolute atomic E-state index is 13.7. The van der Waals surface area contributed by atoms with Crippen LogP contribution in [0.15, 0.2) is 18.2 Å². The summed E-state index contributed by atoms with van der Waals surface area (Å²) in [6, 6.07) is 2.98. The molecule has 0 aliphatic heterocycles. The van der Waals surface area contributed by atoms with E-state index in [0.717, 1.165) is 43.8 Å². The third-order valence-corrected chi connectivity index (χ3v) is 4.51. The third kappa shape index (κ3) is 3.50. The van der Waals surface area contributed by atoms with Gasteiger partial charge in [0, 0.05) is 0 Å². The molecule has 1 N–H and O–H groups in total. The number of carbonyl (C=O) groups excluding carboxylic acids is 3. The van der Waals surface area contributed by atoms with Crippen molar-refractivity contribution in [3.8, 4) is 0 Å². The minimum Gasteiger partial charge on any atom is -0.465 e. The molecule has 6 nitrogen and oxygen atoms in total. The highest BCUT2D eigenvalue weighted by Crippen LogP contribution is 2.34. The van der Waals surface area contributed by atoms with Gasteiger partial charge in [-0.05, 0) is 24.6 Å². The molecule has 0 atom stereocenters. The fraction of sp³-hybridized carbons (Fsp3) is 0.188. The van der Waals surface area contributed by atoms with Crippen molar-refractivity contribution < 1.29 is 32.6 Å². The number of hydrogen-bond donors (Lipinski definition) is 1. The number of halogens is 2. The lowest BCUT2D eigenvalue weighted by Crippen LogP contribution is -2.17. The number of rotatable bonds is 4. The van der Waals surface area contributed by atoms with Gasteiger partial charge in [0.15, 0.2) is 0 Å². The summed E-state index contributed by atoms with van der Waals surface area (Å²) < 4.78 is 36.7. The Morgan fingerprint density at radius 2 is 1.56 bits per heavy atom. The van der Waals surface area contributed by atoms with Crippen molar-refractivity contribution in [3.05, 3.63) is 51.4 Å². The molecule has 0 saturated heterocycles. The maximum atomic E-state index is 13.7. The van der Waals surface area contributed by atoms with E-state index in [-0.39, 0.29) is 21.0 Å². The quantitative estimate of drug-likeness (QED) is 0.838. The van der Waals surface area contributed by atoms with Crippen LogP contribution in [0.2, 0.25) is 0 Å². The highest BCUT2D eigenvalue weighted by atomic mass is 32.1. The van der Waals surface area contributed by atoms with E-state index >= 15 is 0 Å². The van der Waals surface area contributed by atoms with Crippen LogP contribution in [0.3, 0.4) is 0 Å². The van der Waals surface area contributed by atoms with Gasteiger partial charge in [0.2, 0.25) is 0 Å². The highest BCUT2D eigenvalue weighted by molar-refractivity contribution is 7.18. The Morgan fingerprint density at radius 3 is 2.08 bits per heavy atom. The molecule has 1 aromatic carbocycles. The van der Waals surface area contributed by atoms with Crippen LogP contribution < -0.4 is 5.32 Å². The normalized spacial score (nSPS) is 10.3. The Labute approximate surface area is 145 Å². The zero-order valence-electron chi connectivity index (χ0n) is 13.4. The van der Waals surface area contributed by atoms with Gasteiger partial charge in [0.05, 0.1) is 19.8 Å². The first-order valence-corrected chi connectivity index (χ1v) is 7.68. The molecule has 1 amide bonds. The SMILES string of the molecule is COC(=O)c1sc(NC(=O)c2c(F)cccc2F)c(C(=O)OC)c1C. The van der Waals surface area contributed by atoms with Gasteiger partial charge in [0.1, 0.15) is 27.1 Å². The molecule has 0 fully saturated rings. The molecule has 2 rings (SSSR count). The van der Waals surface area contributed by atoms with Crippen molar-refractivity contribution in [2.75, 3.05) is 19.5 Å². The molecule has 0 bridgehead atoms. The standard InChI is InChI=1S/C16H13F2NO5S/c1-7-10(15(21)23-2)14(25-12(7)16(22)24-3)19-13(20)11-8(17)5-4-6-9(11)18/h4-6H,1-3H3,(H,19,20). The van der Waals surface area contributed by atoms with Crippen molar-refractivity contribution >= 4 is 34.2 Å². The van der Waals surface area contributed by atoms with E-state index in [4.69, 9.17) is 0 Å². The van der Waals surface area contributed by atoms with Crippen LogP contribution in [0.25, 0.3) is 0 Å². The molecule has 9 heteroatoms. The van der Waals surface area contributed by atoms with E-state index in [1.807, 2.05) is 0 Å². The van der Waals surface area contributed by atoms with Gasteiger partial charge in [0.25, 0.3) is 5.91 Å². The van der Waals surface area contributed by atoms with Crippen LogP contribution in [0.5, 0.6) is 0 Å². The zero-order chi connectivity index (χ0) is 18.7. The average molecular weight is 369 g/mol. The molecular weight excluding hydrogens is 356 g/mol. The van der Waals surface area contributed by atoms with Gasteiger partial charge < -0.3 is 14.8 Å². The monoisotopic (exact) mass is 369 g/mol. The summed E-state index contributed by atoms with van der Waals surface area (Å²) in [5.74, 6) is -4.74. The lowest BCUT2D eigenvalue weighted by atomic mass is 10.1. The second-order valence-electron chi connectivity index (χ2n) is 4.79. The van der Waals surface area contributed by atoms with E-state index in [1.165, 1.54) is 6.92 Å². The summed E-state index contributed by atoms with van der Waals surface area (Å²) in [6.45, 7) is 1.47. The van der Waals surface area contributed by atoms with Crippen LogP contribution in [0, 0.1) is 18.6 Å². The minimum absolute atomic E-state index is 0.0622. The zero-order valence-corrected chi connectivity index (χ0v) is 14.3. The number of anilines is 1. The lowest BCUT2D eigenvalue weighted by Gasteiger charge is -2.07. The highest BCUT2D eigenvalue weighted by Gasteiger charge is 2.28. The number of amides is 1. The minimum atomic E-state index is -1.10. The van der Waals surface area contributed by atoms with Crippen molar-refractivity contribution in [1.82, 2.24) is 0 Å². The molecule has 1 heterocycles. The lowest BCUT2D eigenvalue weighted by molar-refractivity contribution is 0.0601. The number of carbonyl (C=O) groups is 3. The average Bonchev–Trinajstić information content (AvgIpc) is 2.89. The first-order valence-electron chi connectivity index (χ1n) is 6.87. The molecule has 0 radical (unpaired) electrons. The second-order valence-corrected chi connectivity index (χ2v) is 5.81. The summed E-state index contributed by atoms with van der Waals surface area (Å²) in [7, 11) is 2.28. The molecule has 25 heavy (non-hydrogen) atoms. The summed E-state index contributed by atoms with van der Waals surface area (Å²) in [4.78, 5) is 36.0. The number of ether oxygens (including phenoxy) is 2. The molecule has 0 saturated carbocycles. The van der Waals surface area contributed by atoms with Crippen LogP contribution in [0.1, 0.15) is 36.0 Å². The van der Waals surface area contributed by atoms with Gasteiger partial charge in [-0.2, -0.15) is 0 Å². The number of hydrogen-bond acceptors (Lipinski definition) is 6. The van der Waals surface area contributed by atoms with Crippen LogP contribution in [-0.2, 0) is 9.47 Å². The molecule has 0 aliphatic carbocycles. The molecule has 0 unspecified atom stereocenters. The van der Waals surface area contributed by atoms with Gasteiger partial charge in [-0.15, -0.1) is 11.3 Å². The van der Waals surface area contributed by atoms with Gasteiger partial charge in [-0.1, -0.05) is 6.07 Å². The van der Waals surface area contributed by atoms with E-state index in [9.17, 15) is 23.2 Å². The molecule has 0 aliphatic rings. The van der Waals surface area contributed by atoms with Gasteiger partial charge >= 0.3 is 11.9 Å². The van der Waals surface area contributed by atoms with Gasteiger partial charge in [-0.3, -0.25) is 4.79 Å². The van der Waals surface area contributed by atoms with Crippen molar-refractivity contribution in [2.24, 2.45) is 0 Å². The summed E-state index contributed by atoms with van der Waals surface area (Å²) in [5, 5.41) is 2.18. The van der Waals surface area contributed by atoms with Crippen molar-refractivity contribution in [1.29, 1.82) is 0 Å². The molecule has 2 aromatic rings. The van der Waals surface area contributed by atoms with Crippen LogP contribution >= 0.6 is 11.3 Å². The fourth-order valence-corrected chi connectivity index (χ4v) is 3.23. The first-order chi connectivity index (χ1) is 11.8. The Kier molecular flexibility index (Phi) is 5.48. The van der Waals surface area contributed by atoms with E-state index in [0.29, 0.717) is 0 Å². The third-order valence-electron chi connectivity index (χ3n) is 3.32. The summed E-state index contributed by atoms with van der Waals surface area (Å²) >= 11 is 0.745. The number of esters is 2. The topological polar surface area (TPSA) is 81.7 Å². The van der Waals surface area contributed by atoms with Crippen molar-refractivity contribution in [3.63, 3.8) is 0 Å². The predicted octanol–water partition coefficient (Wildman–Crippen LogP) is 3.16. The van der Waals surface area contributed by atoms with Crippen molar-refractivity contribution in [2.45, 2.75) is 6.92 Å². The Hall–Kier alpha value is -2.81. The number of thiophene rings is 1. The first kappa shape index (κ1) is 18.5. The molecule has 1 aromatic heterocycles. The Morgan fingerprint density at radius 1 is 1.00 bits per heavy atom. The molecular formula is C16H13F2NO5S. The number of benzene rings is 1. The van der Waals surface area contributed by atoms with Crippen LogP contribution in [-0.4, -0.2) is 32.1 Å². The van der Waals surface area contributed by atoms with E-state index in [2.05, 4.69) is 14.8 Å². The Bertz CT molecular complexity index is 842. The maximum Gasteiger partial charge on any atom is 0.348 e. The number of nitrogens with one attached hydrogen (secondary N) is 1. The molecule has 0 spiro atoms. The fourth-order valence-electron chi connectivity index (χ4n) is 2.12. The molecule has 132 valence electrons. The summed E-state index contributed by atoms with van der Waals surface area (Å²) in [5.41, 5.74) is -0.657. The van der Waals surface area contributed by atoms with E-state index < -0.39 is 35.0 Å². The predicted molar refractivity (Wildman–Crippen MR) is 86.0 cm³/mol. The van der Waals surface area contributed by atoms with Crippen LogP contribution in [0.4, 0.5) is 13.8 Å².